The van der Waals surface area contributed by atoms with E-state index in [1.54, 1.807) is 35.2 Å². The third kappa shape index (κ3) is 5.93. The minimum atomic E-state index is -4.23. The van der Waals surface area contributed by atoms with E-state index in [0.717, 1.165) is 37.5 Å². The SMILES string of the molecule is Cc1ccc(S(=O)(=O)n2c(C(=O)c3cnn(-c4ccc5nc(C)[nH]c5c4)c3N)cc3cc(C4=CCN(C(=O)OC(C)(C)C)CC4)ccc32)cc1. The first-order chi connectivity index (χ1) is 23.7. The highest BCUT2D eigenvalue weighted by atomic mass is 32.2. The Balaban J connectivity index is 1.29. The summed E-state index contributed by atoms with van der Waals surface area (Å²) < 4.78 is 36.6. The maximum Gasteiger partial charge on any atom is 0.410 e. The smallest absolute Gasteiger partial charge is 0.410 e. The summed E-state index contributed by atoms with van der Waals surface area (Å²) in [5, 5.41) is 4.96. The van der Waals surface area contributed by atoms with E-state index >= 15 is 0 Å². The fourth-order valence-electron chi connectivity index (χ4n) is 6.18. The van der Waals surface area contributed by atoms with Crippen LogP contribution < -0.4 is 5.73 Å². The van der Waals surface area contributed by atoms with Gasteiger partial charge in [-0.25, -0.2) is 26.9 Å². The second kappa shape index (κ2) is 12.0. The minimum Gasteiger partial charge on any atom is -0.444 e. The number of aryl methyl sites for hydroxylation is 2. The second-order valence-corrected chi connectivity index (χ2v) is 15.3. The van der Waals surface area contributed by atoms with E-state index < -0.39 is 21.4 Å². The lowest BCUT2D eigenvalue weighted by Gasteiger charge is -2.29. The quantitative estimate of drug-likeness (QED) is 0.190. The second-order valence-electron chi connectivity index (χ2n) is 13.5. The van der Waals surface area contributed by atoms with E-state index in [-0.39, 0.29) is 28.1 Å². The molecule has 6 aromatic rings. The number of hydrogen-bond acceptors (Lipinski definition) is 8. The topological polar surface area (TPSA) is 158 Å². The van der Waals surface area contributed by atoms with Crippen LogP contribution in [0.5, 0.6) is 0 Å². The van der Waals surface area contributed by atoms with Crippen molar-refractivity contribution in [3.8, 4) is 5.69 Å². The van der Waals surface area contributed by atoms with Gasteiger partial charge in [0.25, 0.3) is 10.0 Å². The number of amides is 1. The van der Waals surface area contributed by atoms with Crippen molar-refractivity contribution in [2.45, 2.75) is 51.5 Å². The summed E-state index contributed by atoms with van der Waals surface area (Å²) in [6, 6.07) is 19.0. The number of nitrogens with zero attached hydrogens (tertiary/aromatic N) is 5. The first-order valence-corrected chi connectivity index (χ1v) is 17.6. The molecule has 0 radical (unpaired) electrons. The van der Waals surface area contributed by atoms with Crippen LogP contribution in [0.15, 0.2) is 83.9 Å². The fourth-order valence-corrected chi connectivity index (χ4v) is 7.69. The van der Waals surface area contributed by atoms with Crippen molar-refractivity contribution in [3.63, 3.8) is 0 Å². The molecule has 0 atom stereocenters. The van der Waals surface area contributed by atoms with E-state index in [0.29, 0.717) is 36.1 Å². The predicted molar refractivity (Wildman–Crippen MR) is 192 cm³/mol. The number of fused-ring (bicyclic) bond motifs is 2. The van der Waals surface area contributed by atoms with E-state index in [1.807, 2.05) is 65.0 Å². The minimum absolute atomic E-state index is 0.0442. The Kier molecular flexibility index (Phi) is 7.89. The number of nitrogens with one attached hydrogen (secondary N) is 1. The summed E-state index contributed by atoms with van der Waals surface area (Å²) in [5.41, 5.74) is 11.2. The average molecular weight is 692 g/mol. The van der Waals surface area contributed by atoms with Crippen LogP contribution in [0.25, 0.3) is 33.2 Å². The number of hydrogen-bond donors (Lipinski definition) is 2. The number of nitrogens with two attached hydrogens (primary N) is 1. The van der Waals surface area contributed by atoms with Crippen molar-refractivity contribution >= 4 is 55.2 Å². The molecule has 0 spiro atoms. The Bertz CT molecular complexity index is 2460. The average Bonchev–Trinajstić information content (AvgIpc) is 3.77. The largest absolute Gasteiger partial charge is 0.444 e. The molecule has 0 unspecified atom stereocenters. The number of H-pyrrole nitrogens is 1. The molecule has 0 saturated heterocycles. The molecular formula is C37H37N7O5S. The lowest BCUT2D eigenvalue weighted by atomic mass is 9.98. The summed E-state index contributed by atoms with van der Waals surface area (Å²) in [7, 11) is -4.23. The monoisotopic (exact) mass is 691 g/mol. The molecule has 3 aromatic heterocycles. The zero-order chi connectivity index (χ0) is 35.5. The molecular weight excluding hydrogens is 655 g/mol. The molecule has 0 saturated carbocycles. The number of anilines is 1. The number of rotatable bonds is 6. The third-order valence-corrected chi connectivity index (χ3v) is 10.4. The maximum absolute atomic E-state index is 14.3. The van der Waals surface area contributed by atoms with Gasteiger partial charge in [-0.05, 0) is 101 Å². The van der Waals surface area contributed by atoms with Crippen molar-refractivity contribution in [1.82, 2.24) is 28.6 Å². The van der Waals surface area contributed by atoms with Crippen LogP contribution in [0.4, 0.5) is 10.6 Å². The zero-order valence-corrected chi connectivity index (χ0v) is 29.2. The van der Waals surface area contributed by atoms with Gasteiger partial charge in [0, 0.05) is 18.5 Å². The summed E-state index contributed by atoms with van der Waals surface area (Å²) >= 11 is 0. The van der Waals surface area contributed by atoms with Crippen molar-refractivity contribution in [2.75, 3.05) is 18.8 Å². The molecule has 256 valence electrons. The number of carbonyl (C=O) groups is 2. The number of imidazole rings is 1. The van der Waals surface area contributed by atoms with Crippen molar-refractivity contribution in [3.05, 3.63) is 107 Å². The van der Waals surface area contributed by atoms with Crippen LogP contribution in [0.3, 0.4) is 0 Å². The highest BCUT2D eigenvalue weighted by Crippen LogP contribution is 2.33. The highest BCUT2D eigenvalue weighted by molar-refractivity contribution is 7.90. The molecule has 0 aliphatic carbocycles. The molecule has 3 aromatic carbocycles. The standard InChI is InChI=1S/C37H37N7O5S/c1-22-6-10-28(11-7-22)50(47,48)44-32-13-8-25(24-14-16-42(17-15-24)36(46)49-37(3,4)5)18-26(32)19-33(44)34(45)29-21-39-43(35(29)38)27-9-12-30-31(20-27)41-23(2)40-30/h6-14,18-21H,15-17,38H2,1-5H3,(H,40,41). The van der Waals surface area contributed by atoms with E-state index in [9.17, 15) is 18.0 Å². The number of aromatic amines is 1. The number of aromatic nitrogens is 5. The first-order valence-electron chi connectivity index (χ1n) is 16.2. The Morgan fingerprint density at radius 2 is 1.74 bits per heavy atom. The maximum atomic E-state index is 14.3. The Morgan fingerprint density at radius 3 is 2.44 bits per heavy atom. The number of ketones is 1. The van der Waals surface area contributed by atoms with Crippen LogP contribution >= 0.6 is 0 Å². The van der Waals surface area contributed by atoms with Crippen molar-refractivity contribution < 1.29 is 22.7 Å². The molecule has 1 amide bonds. The molecule has 1 aliphatic heterocycles. The van der Waals surface area contributed by atoms with E-state index in [2.05, 4.69) is 15.1 Å². The van der Waals surface area contributed by atoms with E-state index in [1.165, 1.54) is 23.0 Å². The van der Waals surface area contributed by atoms with Crippen molar-refractivity contribution in [1.29, 1.82) is 0 Å². The molecule has 0 fully saturated rings. The first kappa shape index (κ1) is 32.8. The molecule has 3 N–H and O–H groups in total. The fraction of sp³-hybridized carbons (Fsp3) is 0.243. The third-order valence-electron chi connectivity index (χ3n) is 8.66. The summed E-state index contributed by atoms with van der Waals surface area (Å²) in [4.78, 5) is 36.3. The molecule has 50 heavy (non-hydrogen) atoms. The lowest BCUT2D eigenvalue weighted by Crippen LogP contribution is -2.39. The summed E-state index contributed by atoms with van der Waals surface area (Å²) in [6.45, 7) is 10.1. The number of carbonyl (C=O) groups excluding carboxylic acids is 2. The molecule has 7 rings (SSSR count). The summed E-state index contributed by atoms with van der Waals surface area (Å²) in [5.74, 6) is 0.234. The molecule has 0 bridgehead atoms. The highest BCUT2D eigenvalue weighted by Gasteiger charge is 2.30. The number of benzene rings is 3. The van der Waals surface area contributed by atoms with Crippen LogP contribution in [0.1, 0.15) is 60.2 Å². The van der Waals surface area contributed by atoms with Gasteiger partial charge in [0.1, 0.15) is 22.9 Å². The van der Waals surface area contributed by atoms with Gasteiger partial charge < -0.3 is 20.4 Å². The lowest BCUT2D eigenvalue weighted by molar-refractivity contribution is 0.0270. The van der Waals surface area contributed by atoms with Gasteiger partial charge in [0.05, 0.1) is 38.9 Å². The molecule has 4 heterocycles. The Labute approximate surface area is 289 Å². The summed E-state index contributed by atoms with van der Waals surface area (Å²) in [6.07, 6.45) is 3.54. The van der Waals surface area contributed by atoms with Gasteiger partial charge in [-0.1, -0.05) is 29.8 Å². The van der Waals surface area contributed by atoms with Gasteiger partial charge in [-0.2, -0.15) is 5.10 Å². The van der Waals surface area contributed by atoms with Crippen LogP contribution in [-0.4, -0.2) is 67.6 Å². The Hall–Kier alpha value is -5.69. The molecule has 1 aliphatic rings. The van der Waals surface area contributed by atoms with Gasteiger partial charge in [-0.15, -0.1) is 0 Å². The normalized spacial score (nSPS) is 13.9. The predicted octanol–water partition coefficient (Wildman–Crippen LogP) is 6.39. The van der Waals surface area contributed by atoms with Gasteiger partial charge in [0.2, 0.25) is 5.78 Å². The van der Waals surface area contributed by atoms with E-state index in [4.69, 9.17) is 10.5 Å². The van der Waals surface area contributed by atoms with Gasteiger partial charge in [0.15, 0.2) is 0 Å². The van der Waals surface area contributed by atoms with Crippen molar-refractivity contribution in [2.24, 2.45) is 0 Å². The van der Waals surface area contributed by atoms with Crippen LogP contribution in [0, 0.1) is 13.8 Å². The number of nitrogen functional groups attached to an aromatic ring is 1. The number of ether oxygens (including phenoxy) is 1. The van der Waals surface area contributed by atoms with Crippen LogP contribution in [0.2, 0.25) is 0 Å². The Morgan fingerprint density at radius 1 is 0.980 bits per heavy atom. The van der Waals surface area contributed by atoms with Gasteiger partial charge in [-0.3, -0.25) is 4.79 Å². The molecule has 13 heteroatoms. The zero-order valence-electron chi connectivity index (χ0n) is 28.4. The van der Waals surface area contributed by atoms with Crippen LogP contribution in [-0.2, 0) is 14.8 Å². The molecule has 12 nitrogen and oxygen atoms in total. The van der Waals surface area contributed by atoms with Gasteiger partial charge >= 0.3 is 6.09 Å².